The SMILES string of the molecule is O=S1(=O)CCC(Oc2cn[nH]c2)C1. The van der Waals surface area contributed by atoms with Crippen molar-refractivity contribution in [2.45, 2.75) is 12.5 Å². The van der Waals surface area contributed by atoms with Crippen molar-refractivity contribution in [2.75, 3.05) is 11.5 Å². The Morgan fingerprint density at radius 2 is 2.46 bits per heavy atom. The van der Waals surface area contributed by atoms with Crippen LogP contribution in [0, 0.1) is 0 Å². The zero-order valence-electron chi connectivity index (χ0n) is 6.93. The lowest BCUT2D eigenvalue weighted by atomic mass is 10.3. The van der Waals surface area contributed by atoms with E-state index in [1.165, 1.54) is 6.20 Å². The van der Waals surface area contributed by atoms with Crippen molar-refractivity contribution >= 4 is 9.84 Å². The van der Waals surface area contributed by atoms with E-state index in [9.17, 15) is 8.42 Å². The average molecular weight is 202 g/mol. The Labute approximate surface area is 76.0 Å². The van der Waals surface area contributed by atoms with Crippen LogP contribution < -0.4 is 4.74 Å². The van der Waals surface area contributed by atoms with E-state index in [1.807, 2.05) is 0 Å². The molecular formula is C7H10N2O3S. The second kappa shape index (κ2) is 3.02. The summed E-state index contributed by atoms with van der Waals surface area (Å²) < 4.78 is 27.5. The number of rotatable bonds is 2. The molecule has 1 aromatic rings. The maximum atomic E-state index is 11.1. The van der Waals surface area contributed by atoms with E-state index in [-0.39, 0.29) is 17.6 Å². The van der Waals surface area contributed by atoms with Crippen LogP contribution in [0.5, 0.6) is 5.75 Å². The van der Waals surface area contributed by atoms with Gasteiger partial charge in [-0.05, 0) is 6.42 Å². The molecule has 1 aromatic heterocycles. The van der Waals surface area contributed by atoms with Gasteiger partial charge in [-0.3, -0.25) is 5.10 Å². The summed E-state index contributed by atoms with van der Waals surface area (Å²) in [6.07, 6.45) is 3.51. The van der Waals surface area contributed by atoms with Gasteiger partial charge in [0, 0.05) is 0 Å². The molecule has 1 fully saturated rings. The van der Waals surface area contributed by atoms with E-state index >= 15 is 0 Å². The highest BCUT2D eigenvalue weighted by atomic mass is 32.2. The number of ether oxygens (including phenoxy) is 1. The number of hydrogen-bond acceptors (Lipinski definition) is 4. The Morgan fingerprint density at radius 3 is 3.00 bits per heavy atom. The van der Waals surface area contributed by atoms with Crippen LogP contribution >= 0.6 is 0 Å². The minimum absolute atomic E-state index is 0.123. The summed E-state index contributed by atoms with van der Waals surface area (Å²) in [5.74, 6) is 0.954. The molecule has 6 heteroatoms. The third-order valence-corrected chi connectivity index (χ3v) is 3.70. The Kier molecular flexibility index (Phi) is 1.99. The third kappa shape index (κ3) is 2.00. The normalized spacial score (nSPS) is 26.0. The largest absolute Gasteiger partial charge is 0.486 e. The lowest BCUT2D eigenvalue weighted by molar-refractivity contribution is 0.229. The first-order valence-corrected chi connectivity index (χ1v) is 5.84. The molecule has 0 aromatic carbocycles. The zero-order chi connectivity index (χ0) is 9.31. The van der Waals surface area contributed by atoms with Gasteiger partial charge in [0.2, 0.25) is 0 Å². The van der Waals surface area contributed by atoms with Crippen LogP contribution in [0.2, 0.25) is 0 Å². The van der Waals surface area contributed by atoms with Crippen LogP contribution in [0.25, 0.3) is 0 Å². The van der Waals surface area contributed by atoms with Crippen molar-refractivity contribution in [3.8, 4) is 5.75 Å². The van der Waals surface area contributed by atoms with Crippen molar-refractivity contribution in [2.24, 2.45) is 0 Å². The van der Waals surface area contributed by atoms with Gasteiger partial charge in [0.05, 0.1) is 23.9 Å². The first-order valence-electron chi connectivity index (χ1n) is 4.01. The van der Waals surface area contributed by atoms with Gasteiger partial charge in [0.1, 0.15) is 6.10 Å². The van der Waals surface area contributed by atoms with E-state index in [0.717, 1.165) is 0 Å². The molecule has 5 nitrogen and oxygen atoms in total. The highest BCUT2D eigenvalue weighted by Gasteiger charge is 2.29. The molecule has 0 bridgehead atoms. The molecule has 0 spiro atoms. The minimum atomic E-state index is -2.85. The second-order valence-electron chi connectivity index (χ2n) is 3.08. The van der Waals surface area contributed by atoms with E-state index in [4.69, 9.17) is 4.74 Å². The van der Waals surface area contributed by atoms with Crippen LogP contribution in [0.3, 0.4) is 0 Å². The van der Waals surface area contributed by atoms with Gasteiger partial charge < -0.3 is 4.74 Å². The number of H-pyrrole nitrogens is 1. The first kappa shape index (κ1) is 8.55. The van der Waals surface area contributed by atoms with E-state index in [2.05, 4.69) is 10.2 Å². The molecule has 0 radical (unpaired) electrons. The van der Waals surface area contributed by atoms with Crippen molar-refractivity contribution in [3.05, 3.63) is 12.4 Å². The van der Waals surface area contributed by atoms with Gasteiger partial charge in [-0.25, -0.2) is 8.42 Å². The second-order valence-corrected chi connectivity index (χ2v) is 5.31. The van der Waals surface area contributed by atoms with Crippen LogP contribution in [-0.2, 0) is 9.84 Å². The molecule has 1 N–H and O–H groups in total. The number of aromatic nitrogens is 2. The highest BCUT2D eigenvalue weighted by molar-refractivity contribution is 7.91. The van der Waals surface area contributed by atoms with Gasteiger partial charge in [0.15, 0.2) is 15.6 Å². The topological polar surface area (TPSA) is 72.1 Å². The first-order chi connectivity index (χ1) is 6.16. The van der Waals surface area contributed by atoms with Crippen molar-refractivity contribution < 1.29 is 13.2 Å². The molecule has 1 saturated heterocycles. The van der Waals surface area contributed by atoms with E-state index in [1.54, 1.807) is 6.20 Å². The number of sulfone groups is 1. The lowest BCUT2D eigenvalue weighted by Gasteiger charge is -2.08. The van der Waals surface area contributed by atoms with Gasteiger partial charge in [-0.15, -0.1) is 0 Å². The van der Waals surface area contributed by atoms with Gasteiger partial charge >= 0.3 is 0 Å². The Bertz CT molecular complexity index is 370. The van der Waals surface area contributed by atoms with E-state index < -0.39 is 9.84 Å². The molecule has 1 aliphatic rings. The summed E-state index contributed by atoms with van der Waals surface area (Å²) in [4.78, 5) is 0. The maximum Gasteiger partial charge on any atom is 0.157 e. The summed E-state index contributed by atoms with van der Waals surface area (Å²) in [5.41, 5.74) is 0. The molecule has 1 aliphatic heterocycles. The van der Waals surface area contributed by atoms with Crippen molar-refractivity contribution in [3.63, 3.8) is 0 Å². The Morgan fingerprint density at radius 1 is 1.62 bits per heavy atom. The van der Waals surface area contributed by atoms with Crippen LogP contribution in [0.1, 0.15) is 6.42 Å². The lowest BCUT2D eigenvalue weighted by Crippen LogP contribution is -2.17. The highest BCUT2D eigenvalue weighted by Crippen LogP contribution is 2.17. The molecule has 72 valence electrons. The molecule has 2 rings (SSSR count). The smallest absolute Gasteiger partial charge is 0.157 e. The number of hydrogen-bond donors (Lipinski definition) is 1. The van der Waals surface area contributed by atoms with Gasteiger partial charge in [-0.1, -0.05) is 0 Å². The fraction of sp³-hybridized carbons (Fsp3) is 0.571. The molecule has 1 atom stereocenters. The molecule has 0 aliphatic carbocycles. The number of nitrogens with zero attached hydrogens (tertiary/aromatic N) is 1. The summed E-state index contributed by atoms with van der Waals surface area (Å²) in [5, 5.41) is 6.30. The zero-order valence-corrected chi connectivity index (χ0v) is 7.75. The Balaban J connectivity index is 1.99. The minimum Gasteiger partial charge on any atom is -0.486 e. The third-order valence-electron chi connectivity index (χ3n) is 1.97. The summed E-state index contributed by atoms with van der Waals surface area (Å²) in [7, 11) is -2.85. The standard InChI is InChI=1S/C7H10N2O3S/c10-13(11)2-1-6(5-13)12-7-3-8-9-4-7/h3-4,6H,1-2,5H2,(H,8,9). The fourth-order valence-corrected chi connectivity index (χ4v) is 2.94. The van der Waals surface area contributed by atoms with Crippen molar-refractivity contribution in [1.29, 1.82) is 0 Å². The fourth-order valence-electron chi connectivity index (χ4n) is 1.35. The van der Waals surface area contributed by atoms with Gasteiger partial charge in [0.25, 0.3) is 0 Å². The monoisotopic (exact) mass is 202 g/mol. The van der Waals surface area contributed by atoms with Crippen LogP contribution in [-0.4, -0.2) is 36.2 Å². The molecule has 13 heavy (non-hydrogen) atoms. The molecule has 2 heterocycles. The van der Waals surface area contributed by atoms with Crippen LogP contribution in [0.4, 0.5) is 0 Å². The summed E-state index contributed by atoms with van der Waals surface area (Å²) >= 11 is 0. The molecular weight excluding hydrogens is 192 g/mol. The van der Waals surface area contributed by atoms with Gasteiger partial charge in [-0.2, -0.15) is 5.10 Å². The predicted molar refractivity (Wildman–Crippen MR) is 46.3 cm³/mol. The van der Waals surface area contributed by atoms with E-state index in [0.29, 0.717) is 12.2 Å². The summed E-state index contributed by atoms with van der Waals surface area (Å²) in [6.45, 7) is 0. The number of aromatic amines is 1. The molecule has 0 saturated carbocycles. The molecule has 0 amide bonds. The van der Waals surface area contributed by atoms with Crippen LogP contribution in [0.15, 0.2) is 12.4 Å². The maximum absolute atomic E-state index is 11.1. The number of nitrogens with one attached hydrogen (secondary N) is 1. The predicted octanol–water partition coefficient (Wildman–Crippen LogP) is -0.0244. The van der Waals surface area contributed by atoms with Crippen molar-refractivity contribution in [1.82, 2.24) is 10.2 Å². The Hall–Kier alpha value is -1.04. The summed E-state index contributed by atoms with van der Waals surface area (Å²) in [6, 6.07) is 0. The quantitative estimate of drug-likeness (QED) is 0.731. The average Bonchev–Trinajstić information content (AvgIpc) is 2.61. The molecule has 1 unspecified atom stereocenters.